The van der Waals surface area contributed by atoms with E-state index in [0.717, 1.165) is 6.92 Å². The number of carbonyl (C=O) groups is 1. The molecule has 112 valence electrons. The van der Waals surface area contributed by atoms with Crippen LogP contribution in [-0.2, 0) is 9.53 Å². The maximum atomic E-state index is 12.8. The van der Waals surface area contributed by atoms with E-state index in [1.807, 2.05) is 0 Å². The highest BCUT2D eigenvalue weighted by atomic mass is 19.4. The number of esters is 1. The molecule has 0 aliphatic rings. The summed E-state index contributed by atoms with van der Waals surface area (Å²) in [6, 6.07) is 0. The second kappa shape index (κ2) is 5.83. The Labute approximate surface area is 106 Å². The molecule has 0 aromatic rings. The van der Waals surface area contributed by atoms with Crippen molar-refractivity contribution >= 4 is 5.97 Å². The molecule has 0 fully saturated rings. The van der Waals surface area contributed by atoms with Gasteiger partial charge in [0.25, 0.3) is 0 Å². The predicted octanol–water partition coefficient (Wildman–Crippen LogP) is 4.16. The van der Waals surface area contributed by atoms with Crippen LogP contribution in [0.15, 0.2) is 12.2 Å². The summed E-state index contributed by atoms with van der Waals surface area (Å²) in [5.41, 5.74) is -5.01. The number of hydrogen-bond acceptors (Lipinski definition) is 2. The van der Waals surface area contributed by atoms with Gasteiger partial charge < -0.3 is 4.74 Å². The lowest BCUT2D eigenvalue weighted by Gasteiger charge is -2.36. The van der Waals surface area contributed by atoms with Crippen molar-refractivity contribution in [3.63, 3.8) is 0 Å². The van der Waals surface area contributed by atoms with E-state index in [2.05, 4.69) is 11.3 Å². The van der Waals surface area contributed by atoms with Crippen LogP contribution in [0.5, 0.6) is 0 Å². The number of unbranched alkanes of at least 4 members (excludes halogenated alkanes) is 1. The fraction of sp³-hybridized carbons (Fsp3) is 0.727. The summed E-state index contributed by atoms with van der Waals surface area (Å²) in [7, 11) is 0. The molecule has 19 heavy (non-hydrogen) atoms. The van der Waals surface area contributed by atoms with E-state index < -0.39 is 35.9 Å². The molecule has 0 radical (unpaired) electrons. The molecule has 0 N–H and O–H groups in total. The van der Waals surface area contributed by atoms with E-state index in [1.54, 1.807) is 0 Å². The minimum atomic E-state index is -5.74. The fourth-order valence-corrected chi connectivity index (χ4v) is 1.28. The Bertz CT molecular complexity index is 328. The summed E-state index contributed by atoms with van der Waals surface area (Å²) in [4.78, 5) is 11.1. The molecule has 0 amide bonds. The Balaban J connectivity index is 5.64. The van der Waals surface area contributed by atoms with Crippen molar-refractivity contribution in [1.82, 2.24) is 0 Å². The minimum Gasteiger partial charge on any atom is -0.436 e. The van der Waals surface area contributed by atoms with E-state index >= 15 is 0 Å². The molecule has 0 bridgehead atoms. The van der Waals surface area contributed by atoms with E-state index in [-0.39, 0.29) is 12.8 Å². The van der Waals surface area contributed by atoms with Gasteiger partial charge in [-0.1, -0.05) is 19.9 Å². The van der Waals surface area contributed by atoms with Crippen LogP contribution in [0.2, 0.25) is 0 Å². The molecule has 0 saturated carbocycles. The number of alkyl halides is 6. The lowest BCUT2D eigenvalue weighted by molar-refractivity contribution is -0.371. The Morgan fingerprint density at radius 1 is 1.11 bits per heavy atom. The third-order valence-corrected chi connectivity index (χ3v) is 2.41. The molecule has 8 heteroatoms. The van der Waals surface area contributed by atoms with Gasteiger partial charge in [-0.25, -0.2) is 4.79 Å². The molecule has 0 unspecified atom stereocenters. The van der Waals surface area contributed by atoms with Crippen LogP contribution in [0.25, 0.3) is 0 Å². The highest BCUT2D eigenvalue weighted by Gasteiger charge is 2.73. The monoisotopic (exact) mass is 292 g/mol. The first-order valence-electron chi connectivity index (χ1n) is 5.41. The van der Waals surface area contributed by atoms with Gasteiger partial charge in [0, 0.05) is 12.0 Å². The quantitative estimate of drug-likeness (QED) is 0.432. The summed E-state index contributed by atoms with van der Waals surface area (Å²) < 4.78 is 80.5. The molecule has 0 heterocycles. The highest BCUT2D eigenvalue weighted by Crippen LogP contribution is 2.49. The molecular weight excluding hydrogens is 278 g/mol. The number of rotatable bonds is 5. The first-order valence-corrected chi connectivity index (χ1v) is 5.41. The first-order chi connectivity index (χ1) is 8.39. The molecule has 0 aliphatic carbocycles. The Morgan fingerprint density at radius 3 is 1.79 bits per heavy atom. The van der Waals surface area contributed by atoms with Crippen molar-refractivity contribution in [2.45, 2.75) is 51.1 Å². The van der Waals surface area contributed by atoms with Crippen LogP contribution in [0.1, 0.15) is 33.1 Å². The van der Waals surface area contributed by atoms with Crippen LogP contribution < -0.4 is 0 Å². The fourth-order valence-electron chi connectivity index (χ4n) is 1.28. The van der Waals surface area contributed by atoms with Crippen molar-refractivity contribution in [3.05, 3.63) is 12.2 Å². The zero-order chi connectivity index (χ0) is 15.5. The molecule has 0 aromatic heterocycles. The maximum absolute atomic E-state index is 12.8. The van der Waals surface area contributed by atoms with Crippen LogP contribution in [0.3, 0.4) is 0 Å². The largest absolute Gasteiger partial charge is 0.437 e. The third-order valence-electron chi connectivity index (χ3n) is 2.41. The molecule has 0 aromatic carbocycles. The average molecular weight is 292 g/mol. The Hall–Kier alpha value is -1.21. The van der Waals surface area contributed by atoms with Crippen molar-refractivity contribution < 1.29 is 35.9 Å². The summed E-state index contributed by atoms with van der Waals surface area (Å²) in [5.74, 6) is -1.72. The van der Waals surface area contributed by atoms with Gasteiger partial charge in [-0.3, -0.25) is 0 Å². The standard InChI is InChI=1S/C11H14F6O2/c1-4-5-6-9(10(12,13)14,11(15,16)17)19-8(18)7(2)3/h2,4-6H2,1,3H3. The smallest absolute Gasteiger partial charge is 0.436 e. The van der Waals surface area contributed by atoms with E-state index in [0.29, 0.717) is 0 Å². The maximum Gasteiger partial charge on any atom is 0.437 e. The summed E-state index contributed by atoms with van der Waals surface area (Å²) >= 11 is 0. The highest BCUT2D eigenvalue weighted by molar-refractivity contribution is 5.87. The normalized spacial score (nSPS) is 13.3. The molecule has 2 nitrogen and oxygen atoms in total. The Morgan fingerprint density at radius 2 is 1.53 bits per heavy atom. The summed E-state index contributed by atoms with van der Waals surface area (Å²) in [5, 5.41) is 0. The number of carbonyl (C=O) groups excluding carboxylic acids is 1. The van der Waals surface area contributed by atoms with E-state index in [9.17, 15) is 31.1 Å². The van der Waals surface area contributed by atoms with Gasteiger partial charge in [-0.15, -0.1) is 0 Å². The topological polar surface area (TPSA) is 26.3 Å². The second-order valence-electron chi connectivity index (χ2n) is 4.10. The van der Waals surface area contributed by atoms with Crippen molar-refractivity contribution in [2.24, 2.45) is 0 Å². The van der Waals surface area contributed by atoms with Crippen molar-refractivity contribution in [2.75, 3.05) is 0 Å². The van der Waals surface area contributed by atoms with Crippen molar-refractivity contribution in [3.8, 4) is 0 Å². The minimum absolute atomic E-state index is 0.0958. The van der Waals surface area contributed by atoms with Crippen LogP contribution in [0.4, 0.5) is 26.3 Å². The molecule has 0 spiro atoms. The van der Waals surface area contributed by atoms with Crippen LogP contribution >= 0.6 is 0 Å². The molecule has 0 atom stereocenters. The van der Waals surface area contributed by atoms with Gasteiger partial charge in [0.1, 0.15) is 0 Å². The lowest BCUT2D eigenvalue weighted by atomic mass is 9.94. The average Bonchev–Trinajstić information content (AvgIpc) is 2.19. The van der Waals surface area contributed by atoms with E-state index in [1.165, 1.54) is 6.92 Å². The zero-order valence-electron chi connectivity index (χ0n) is 10.4. The summed E-state index contributed by atoms with van der Waals surface area (Å²) in [6.45, 7) is 5.37. The zero-order valence-corrected chi connectivity index (χ0v) is 10.4. The first kappa shape index (κ1) is 17.8. The van der Waals surface area contributed by atoms with Gasteiger partial charge >= 0.3 is 23.9 Å². The van der Waals surface area contributed by atoms with Crippen LogP contribution in [0, 0.1) is 0 Å². The predicted molar refractivity (Wildman–Crippen MR) is 55.3 cm³/mol. The van der Waals surface area contributed by atoms with Gasteiger partial charge in [-0.05, 0) is 13.3 Å². The Kier molecular flexibility index (Phi) is 5.46. The van der Waals surface area contributed by atoms with Crippen molar-refractivity contribution in [1.29, 1.82) is 0 Å². The van der Waals surface area contributed by atoms with Gasteiger partial charge in [0.05, 0.1) is 0 Å². The third kappa shape index (κ3) is 3.87. The summed E-state index contributed by atoms with van der Waals surface area (Å²) in [6.07, 6.45) is -13.1. The second-order valence-corrected chi connectivity index (χ2v) is 4.10. The van der Waals surface area contributed by atoms with E-state index in [4.69, 9.17) is 0 Å². The molecule has 0 aliphatic heterocycles. The molecular formula is C11H14F6O2. The number of hydrogen-bond donors (Lipinski definition) is 0. The van der Waals surface area contributed by atoms with Gasteiger partial charge in [0.15, 0.2) is 0 Å². The lowest BCUT2D eigenvalue weighted by Crippen LogP contribution is -2.59. The SMILES string of the molecule is C=C(C)C(=O)OC(CCCC)(C(F)(F)F)C(F)(F)F. The van der Waals surface area contributed by atoms with Crippen LogP contribution in [-0.4, -0.2) is 23.9 Å². The number of ether oxygens (including phenoxy) is 1. The van der Waals surface area contributed by atoms with Gasteiger partial charge in [0.2, 0.25) is 0 Å². The van der Waals surface area contributed by atoms with Gasteiger partial charge in [-0.2, -0.15) is 26.3 Å². The number of halogens is 6. The molecule has 0 rings (SSSR count). The molecule has 0 saturated heterocycles.